The molecule has 104 valence electrons. The van der Waals surface area contributed by atoms with E-state index in [1.165, 1.54) is 31.2 Å². The predicted molar refractivity (Wildman–Crippen MR) is 85.6 cm³/mol. The Morgan fingerprint density at radius 3 is 2.65 bits per heavy atom. The third-order valence-electron chi connectivity index (χ3n) is 4.62. The zero-order valence-electron chi connectivity index (χ0n) is 12.0. The van der Waals surface area contributed by atoms with Gasteiger partial charge in [0.25, 0.3) is 0 Å². The normalized spacial score (nSPS) is 19.1. The van der Waals surface area contributed by atoms with Crippen molar-refractivity contribution in [1.82, 2.24) is 4.57 Å². The fraction of sp³-hybridized carbons (Fsp3) is 0.471. The number of nitrogens with zero attached hydrogens (tertiary/aromatic N) is 2. The van der Waals surface area contributed by atoms with Gasteiger partial charge in [-0.15, -0.1) is 0 Å². The summed E-state index contributed by atoms with van der Waals surface area (Å²) in [6, 6.07) is 8.77. The Balaban J connectivity index is 1.99. The van der Waals surface area contributed by atoms with Crippen molar-refractivity contribution in [2.45, 2.75) is 45.6 Å². The number of hydrogen-bond acceptors (Lipinski definition) is 1. The Hall–Kier alpha value is -1.27. The van der Waals surface area contributed by atoms with E-state index in [1.807, 2.05) is 12.1 Å². The first kappa shape index (κ1) is 13.7. The summed E-state index contributed by atoms with van der Waals surface area (Å²) in [7, 11) is 0. The Morgan fingerprint density at radius 2 is 2.00 bits per heavy atom. The Morgan fingerprint density at radius 1 is 1.30 bits per heavy atom. The maximum atomic E-state index is 9.03. The minimum Gasteiger partial charge on any atom is -0.343 e. The van der Waals surface area contributed by atoms with Crippen LogP contribution in [0, 0.1) is 16.7 Å². The second-order valence-electron chi connectivity index (χ2n) is 6.62. The van der Waals surface area contributed by atoms with Crippen LogP contribution in [0.15, 0.2) is 28.9 Å². The van der Waals surface area contributed by atoms with Gasteiger partial charge in [-0.05, 0) is 65.2 Å². The molecule has 0 unspecified atom stereocenters. The van der Waals surface area contributed by atoms with Crippen LogP contribution in [-0.2, 0) is 0 Å². The molecule has 0 bridgehead atoms. The van der Waals surface area contributed by atoms with Gasteiger partial charge in [-0.3, -0.25) is 0 Å². The minimum atomic E-state index is 0.491. The summed E-state index contributed by atoms with van der Waals surface area (Å²) in [5.41, 5.74) is 2.45. The third kappa shape index (κ3) is 2.38. The molecule has 0 saturated heterocycles. The van der Waals surface area contributed by atoms with Gasteiger partial charge >= 0.3 is 0 Å². The van der Waals surface area contributed by atoms with Crippen molar-refractivity contribution >= 4 is 26.8 Å². The minimum absolute atomic E-state index is 0.491. The maximum Gasteiger partial charge on any atom is 0.0991 e. The van der Waals surface area contributed by atoms with E-state index >= 15 is 0 Å². The van der Waals surface area contributed by atoms with Crippen molar-refractivity contribution in [3.63, 3.8) is 0 Å². The zero-order valence-corrected chi connectivity index (χ0v) is 13.6. The second kappa shape index (κ2) is 4.93. The molecule has 1 aromatic heterocycles. The number of halogens is 1. The first-order chi connectivity index (χ1) is 9.50. The summed E-state index contributed by atoms with van der Waals surface area (Å²) >= 11 is 3.64. The molecule has 1 aromatic carbocycles. The van der Waals surface area contributed by atoms with E-state index in [2.05, 4.69) is 52.7 Å². The molecule has 0 N–H and O–H groups in total. The molecule has 1 aliphatic rings. The van der Waals surface area contributed by atoms with Crippen LogP contribution in [0.4, 0.5) is 0 Å². The molecule has 0 atom stereocenters. The van der Waals surface area contributed by atoms with Crippen molar-refractivity contribution in [2.24, 2.45) is 5.41 Å². The lowest BCUT2D eigenvalue weighted by molar-refractivity contribution is 0.196. The van der Waals surface area contributed by atoms with Crippen molar-refractivity contribution in [3.05, 3.63) is 34.4 Å². The summed E-state index contributed by atoms with van der Waals surface area (Å²) in [6.07, 6.45) is 7.23. The van der Waals surface area contributed by atoms with Gasteiger partial charge in [-0.25, -0.2) is 0 Å². The summed E-state index contributed by atoms with van der Waals surface area (Å²) in [5.74, 6) is 0. The van der Waals surface area contributed by atoms with Gasteiger partial charge in [0.05, 0.1) is 11.6 Å². The van der Waals surface area contributed by atoms with Gasteiger partial charge in [-0.1, -0.05) is 13.8 Å². The van der Waals surface area contributed by atoms with E-state index in [-0.39, 0.29) is 0 Å². The molecule has 0 spiro atoms. The Bertz CT molecular complexity index is 681. The van der Waals surface area contributed by atoms with Crippen LogP contribution < -0.4 is 0 Å². The molecular weight excluding hydrogens is 312 g/mol. The molecule has 1 heterocycles. The third-order valence-corrected chi connectivity index (χ3v) is 5.25. The molecule has 0 aliphatic heterocycles. The van der Waals surface area contributed by atoms with Crippen molar-refractivity contribution in [3.8, 4) is 6.07 Å². The van der Waals surface area contributed by atoms with E-state index in [1.54, 1.807) is 0 Å². The highest BCUT2D eigenvalue weighted by molar-refractivity contribution is 9.10. The summed E-state index contributed by atoms with van der Waals surface area (Å²) in [5, 5.41) is 10.2. The zero-order chi connectivity index (χ0) is 14.3. The molecule has 20 heavy (non-hydrogen) atoms. The highest BCUT2D eigenvalue weighted by Gasteiger charge is 2.28. The number of benzene rings is 1. The molecule has 2 aromatic rings. The van der Waals surface area contributed by atoms with Gasteiger partial charge in [0.1, 0.15) is 0 Å². The SMILES string of the molecule is CC1(C)CCC(n2cc(Br)c3cc(C#N)ccc32)CC1. The summed E-state index contributed by atoms with van der Waals surface area (Å²) < 4.78 is 3.49. The van der Waals surface area contributed by atoms with Gasteiger partial charge < -0.3 is 4.57 Å². The molecule has 3 rings (SSSR count). The van der Waals surface area contributed by atoms with Crippen LogP contribution in [0.2, 0.25) is 0 Å². The number of fused-ring (bicyclic) bond motifs is 1. The van der Waals surface area contributed by atoms with E-state index in [0.717, 1.165) is 15.4 Å². The van der Waals surface area contributed by atoms with Gasteiger partial charge in [-0.2, -0.15) is 5.26 Å². The fourth-order valence-electron chi connectivity index (χ4n) is 3.25. The van der Waals surface area contributed by atoms with E-state index in [9.17, 15) is 0 Å². The topological polar surface area (TPSA) is 28.7 Å². The second-order valence-corrected chi connectivity index (χ2v) is 7.48. The monoisotopic (exact) mass is 330 g/mol. The number of nitriles is 1. The first-order valence-electron chi connectivity index (χ1n) is 7.20. The maximum absolute atomic E-state index is 9.03. The van der Waals surface area contributed by atoms with Gasteiger partial charge in [0.15, 0.2) is 0 Å². The molecule has 3 heteroatoms. The smallest absolute Gasteiger partial charge is 0.0991 e. The fourth-order valence-corrected chi connectivity index (χ4v) is 3.79. The van der Waals surface area contributed by atoms with E-state index in [4.69, 9.17) is 5.26 Å². The van der Waals surface area contributed by atoms with Crippen LogP contribution in [-0.4, -0.2) is 4.57 Å². The first-order valence-corrected chi connectivity index (χ1v) is 8.00. The number of rotatable bonds is 1. The molecule has 0 amide bonds. The molecule has 1 aliphatic carbocycles. The highest BCUT2D eigenvalue weighted by atomic mass is 79.9. The van der Waals surface area contributed by atoms with E-state index in [0.29, 0.717) is 11.5 Å². The predicted octanol–water partition coefficient (Wildman–Crippen LogP) is 5.42. The van der Waals surface area contributed by atoms with Crippen LogP contribution in [0.25, 0.3) is 10.9 Å². The largest absolute Gasteiger partial charge is 0.343 e. The standard InChI is InChI=1S/C17H19BrN2/c1-17(2)7-5-13(6-8-17)20-11-15(18)14-9-12(10-19)3-4-16(14)20/h3-4,9,11,13H,5-8H2,1-2H3. The Labute approximate surface area is 128 Å². The molecule has 1 fully saturated rings. The molecule has 0 radical (unpaired) electrons. The van der Waals surface area contributed by atoms with Crippen LogP contribution in [0.5, 0.6) is 0 Å². The molecule has 2 nitrogen and oxygen atoms in total. The lowest BCUT2D eigenvalue weighted by atomic mass is 9.75. The van der Waals surface area contributed by atoms with Crippen LogP contribution in [0.1, 0.15) is 51.1 Å². The quantitative estimate of drug-likeness (QED) is 0.686. The molecular formula is C17H19BrN2. The average molecular weight is 331 g/mol. The number of aromatic nitrogens is 1. The van der Waals surface area contributed by atoms with Crippen LogP contribution in [0.3, 0.4) is 0 Å². The summed E-state index contributed by atoms with van der Waals surface area (Å²) in [4.78, 5) is 0. The van der Waals surface area contributed by atoms with Crippen molar-refractivity contribution < 1.29 is 0 Å². The molecule has 1 saturated carbocycles. The van der Waals surface area contributed by atoms with Crippen molar-refractivity contribution in [1.29, 1.82) is 5.26 Å². The Kier molecular flexibility index (Phi) is 3.38. The highest BCUT2D eigenvalue weighted by Crippen LogP contribution is 2.42. The summed E-state index contributed by atoms with van der Waals surface area (Å²) in [6.45, 7) is 4.73. The lowest BCUT2D eigenvalue weighted by Crippen LogP contribution is -2.23. The van der Waals surface area contributed by atoms with E-state index < -0.39 is 0 Å². The van der Waals surface area contributed by atoms with Crippen LogP contribution >= 0.6 is 15.9 Å². The average Bonchev–Trinajstić information content (AvgIpc) is 2.76. The lowest BCUT2D eigenvalue weighted by Gasteiger charge is -2.35. The number of hydrogen-bond donors (Lipinski definition) is 0. The van der Waals surface area contributed by atoms with Gasteiger partial charge in [0.2, 0.25) is 0 Å². The van der Waals surface area contributed by atoms with Crippen molar-refractivity contribution in [2.75, 3.05) is 0 Å². The van der Waals surface area contributed by atoms with Gasteiger partial charge in [0, 0.05) is 27.6 Å².